The van der Waals surface area contributed by atoms with Crippen LogP contribution in [0.25, 0.3) is 0 Å². The molecule has 0 spiro atoms. The van der Waals surface area contributed by atoms with E-state index in [2.05, 4.69) is 26.3 Å². The Labute approximate surface area is 260 Å². The van der Waals surface area contributed by atoms with Crippen LogP contribution in [0.1, 0.15) is 65.2 Å². The van der Waals surface area contributed by atoms with Crippen molar-refractivity contribution in [3.05, 3.63) is 50.6 Å². The number of hydrogen-bond acceptors (Lipinski definition) is 10. The summed E-state index contributed by atoms with van der Waals surface area (Å²) in [7, 11) is 0. The molecule has 0 saturated heterocycles. The lowest BCUT2D eigenvalue weighted by Crippen LogP contribution is -2.62. The minimum Gasteiger partial charge on any atom is -0.462 e. The Bertz CT molecular complexity index is 963. The number of rotatable bonds is 20. The lowest BCUT2D eigenvalue weighted by Gasteiger charge is -2.62. The van der Waals surface area contributed by atoms with Gasteiger partial charge in [0.2, 0.25) is 0 Å². The van der Waals surface area contributed by atoms with Gasteiger partial charge in [0.05, 0.1) is 35.2 Å². The third-order valence-electron chi connectivity index (χ3n) is 9.57. The van der Waals surface area contributed by atoms with Crippen LogP contribution in [-0.4, -0.2) is 74.7 Å². The van der Waals surface area contributed by atoms with Crippen molar-refractivity contribution in [1.29, 1.82) is 0 Å². The lowest BCUT2D eigenvalue weighted by molar-refractivity contribution is -0.256. The highest BCUT2D eigenvalue weighted by molar-refractivity contribution is 5.82. The molecule has 0 heterocycles. The molecular formula is C34H48O10. The van der Waals surface area contributed by atoms with Crippen molar-refractivity contribution in [1.82, 2.24) is 0 Å². The minimum atomic E-state index is -0.754. The van der Waals surface area contributed by atoms with Gasteiger partial charge in [-0.1, -0.05) is 40.2 Å². The maximum Gasteiger partial charge on any atom is 0.330 e. The maximum atomic E-state index is 11.9. The average molecular weight is 617 g/mol. The molecule has 44 heavy (non-hydrogen) atoms. The topological polar surface area (TPSA) is 124 Å². The molecule has 10 heteroatoms. The monoisotopic (exact) mass is 616 g/mol. The highest BCUT2D eigenvalue weighted by atomic mass is 16.6. The van der Waals surface area contributed by atoms with Crippen LogP contribution in [-0.2, 0) is 47.6 Å². The van der Waals surface area contributed by atoms with Gasteiger partial charge in [0, 0.05) is 30.7 Å². The normalized spacial score (nSPS) is 25.4. The number of hydrogen-bond donors (Lipinski definition) is 0. The smallest absolute Gasteiger partial charge is 0.330 e. The van der Waals surface area contributed by atoms with E-state index in [9.17, 15) is 19.2 Å². The molecule has 0 unspecified atom stereocenters. The number of ether oxygens (including phenoxy) is 6. The van der Waals surface area contributed by atoms with Gasteiger partial charge >= 0.3 is 23.9 Å². The summed E-state index contributed by atoms with van der Waals surface area (Å²) in [5, 5.41) is 0. The first-order valence-electron chi connectivity index (χ1n) is 15.4. The fourth-order valence-electron chi connectivity index (χ4n) is 7.04. The van der Waals surface area contributed by atoms with E-state index in [0.717, 1.165) is 56.4 Å². The first-order valence-corrected chi connectivity index (χ1v) is 15.4. The van der Waals surface area contributed by atoms with Gasteiger partial charge in [-0.05, 0) is 56.8 Å². The Kier molecular flexibility index (Phi) is 12.1. The second kappa shape index (κ2) is 15.2. The van der Waals surface area contributed by atoms with Crippen molar-refractivity contribution >= 4 is 23.9 Å². The predicted octanol–water partition coefficient (Wildman–Crippen LogP) is 4.82. The quantitative estimate of drug-likeness (QED) is 0.107. The molecule has 0 amide bonds. The molecule has 0 aromatic heterocycles. The van der Waals surface area contributed by atoms with Crippen molar-refractivity contribution < 1.29 is 47.6 Å². The Morgan fingerprint density at radius 2 is 0.886 bits per heavy atom. The molecule has 4 rings (SSSR count). The molecule has 4 fully saturated rings. The first-order chi connectivity index (χ1) is 20.9. The van der Waals surface area contributed by atoms with E-state index in [-0.39, 0.29) is 39.6 Å². The fraction of sp³-hybridized carbons (Fsp3) is 0.647. The van der Waals surface area contributed by atoms with Gasteiger partial charge in [-0.3, -0.25) is 0 Å². The Hall–Kier alpha value is -3.24. The second-order valence-electron chi connectivity index (χ2n) is 12.9. The summed E-state index contributed by atoms with van der Waals surface area (Å²) in [5.74, 6) is -1.40. The summed E-state index contributed by atoms with van der Waals surface area (Å²) in [5.41, 5.74) is -2.41. The van der Waals surface area contributed by atoms with Crippen molar-refractivity contribution in [3.8, 4) is 0 Å². The lowest BCUT2D eigenvalue weighted by atomic mass is 9.52. The van der Waals surface area contributed by atoms with Gasteiger partial charge in [0.1, 0.15) is 26.4 Å². The Morgan fingerprint density at radius 1 is 0.591 bits per heavy atom. The van der Waals surface area contributed by atoms with Crippen LogP contribution in [0, 0.1) is 22.7 Å². The molecular weight excluding hydrogens is 568 g/mol. The van der Waals surface area contributed by atoms with Gasteiger partial charge in [-0.15, -0.1) is 0 Å². The molecule has 0 aromatic rings. The van der Waals surface area contributed by atoms with E-state index in [1.807, 2.05) is 13.8 Å². The van der Waals surface area contributed by atoms with Gasteiger partial charge in [-0.25, -0.2) is 19.2 Å². The highest BCUT2D eigenvalue weighted by Crippen LogP contribution is 2.60. The first kappa shape index (κ1) is 35.2. The molecule has 10 nitrogen and oxygen atoms in total. The number of carbonyl (C=O) groups is 4. The summed E-state index contributed by atoms with van der Waals surface area (Å²) in [6.07, 6.45) is 10.8. The van der Waals surface area contributed by atoms with E-state index in [0.29, 0.717) is 31.1 Å². The van der Waals surface area contributed by atoms with Crippen LogP contribution >= 0.6 is 0 Å². The summed E-state index contributed by atoms with van der Waals surface area (Å²) in [6, 6.07) is 0. The van der Waals surface area contributed by atoms with Crippen molar-refractivity contribution in [2.45, 2.75) is 76.4 Å². The fourth-order valence-corrected chi connectivity index (χ4v) is 7.04. The van der Waals surface area contributed by atoms with Crippen LogP contribution in [0.5, 0.6) is 0 Å². The van der Waals surface area contributed by atoms with Crippen LogP contribution in [0.2, 0.25) is 0 Å². The zero-order valence-corrected chi connectivity index (χ0v) is 26.3. The molecule has 0 N–H and O–H groups in total. The average Bonchev–Trinajstić information content (AvgIpc) is 3.03. The highest BCUT2D eigenvalue weighted by Gasteiger charge is 2.60. The molecule has 244 valence electrons. The van der Waals surface area contributed by atoms with Crippen molar-refractivity contribution in [2.24, 2.45) is 22.7 Å². The molecule has 4 saturated carbocycles. The Morgan fingerprint density at radius 3 is 1.14 bits per heavy atom. The zero-order valence-electron chi connectivity index (χ0n) is 26.3. The molecule has 0 aliphatic heterocycles. The van der Waals surface area contributed by atoms with Crippen LogP contribution in [0.4, 0.5) is 0 Å². The van der Waals surface area contributed by atoms with Crippen LogP contribution < -0.4 is 0 Å². The third-order valence-corrected chi connectivity index (χ3v) is 9.57. The molecule has 4 aliphatic carbocycles. The molecule has 0 radical (unpaired) electrons. The molecule has 4 aliphatic rings. The second-order valence-corrected chi connectivity index (χ2v) is 12.9. The summed E-state index contributed by atoms with van der Waals surface area (Å²) in [4.78, 5) is 47.7. The van der Waals surface area contributed by atoms with E-state index in [4.69, 9.17) is 28.4 Å². The van der Waals surface area contributed by atoms with Gasteiger partial charge < -0.3 is 28.4 Å². The van der Waals surface area contributed by atoms with Gasteiger partial charge in [-0.2, -0.15) is 0 Å². The number of esters is 4. The van der Waals surface area contributed by atoms with Crippen molar-refractivity contribution in [2.75, 3.05) is 39.6 Å². The van der Waals surface area contributed by atoms with Crippen LogP contribution in [0.3, 0.4) is 0 Å². The predicted molar refractivity (Wildman–Crippen MR) is 162 cm³/mol. The van der Waals surface area contributed by atoms with E-state index >= 15 is 0 Å². The standard InChI is InChI=1S/C34H48O10/c1-7-27(35)39-19-31(11-5,20-40-28(36)8-2)23-43-33-14-25-13-26(15-33)17-34(16-25,18-33)44-24-32(12-6,21-41-29(37)9-3)22-42-30(38)10-4/h7-10,25-26H,1-4,11-24H2,5-6H3. The third kappa shape index (κ3) is 8.91. The maximum absolute atomic E-state index is 11.9. The molecule has 4 bridgehead atoms. The summed E-state index contributed by atoms with van der Waals surface area (Å²) >= 11 is 0. The molecule has 0 atom stereocenters. The molecule has 0 aromatic carbocycles. The van der Waals surface area contributed by atoms with Gasteiger partial charge in [0.25, 0.3) is 0 Å². The largest absolute Gasteiger partial charge is 0.462 e. The zero-order chi connectivity index (χ0) is 32.4. The summed E-state index contributed by atoms with van der Waals surface area (Å²) in [6.45, 7) is 18.2. The van der Waals surface area contributed by atoms with Crippen LogP contribution in [0.15, 0.2) is 50.6 Å². The SMILES string of the molecule is C=CC(=O)OCC(CC)(COC(=O)C=C)COC12CC3CC(C1)CC(OCC(CC)(COC(=O)C=C)COC(=O)C=C)(C3)C2. The summed E-state index contributed by atoms with van der Waals surface area (Å²) < 4.78 is 35.4. The van der Waals surface area contributed by atoms with E-state index in [1.165, 1.54) is 0 Å². The number of carbonyl (C=O) groups excluding carboxylic acids is 4. The van der Waals surface area contributed by atoms with Gasteiger partial charge in [0.15, 0.2) is 0 Å². The van der Waals surface area contributed by atoms with E-state index in [1.54, 1.807) is 0 Å². The van der Waals surface area contributed by atoms with E-state index < -0.39 is 45.9 Å². The Balaban J connectivity index is 1.79. The minimum absolute atomic E-state index is 0.00916. The van der Waals surface area contributed by atoms with Crippen molar-refractivity contribution in [3.63, 3.8) is 0 Å².